The van der Waals surface area contributed by atoms with Crippen LogP contribution in [0.2, 0.25) is 0 Å². The Labute approximate surface area is 149 Å². The molecular weight excluding hydrogens is 314 g/mol. The predicted molar refractivity (Wildman–Crippen MR) is 101 cm³/mol. The minimum atomic E-state index is 0.866. The fourth-order valence-corrected chi connectivity index (χ4v) is 3.25. The van der Waals surface area contributed by atoms with E-state index in [-0.39, 0.29) is 0 Å². The van der Waals surface area contributed by atoms with Crippen LogP contribution >= 0.6 is 0 Å². The quantitative estimate of drug-likeness (QED) is 0.451. The molecule has 0 unspecified atom stereocenters. The first-order valence-corrected chi connectivity index (χ1v) is 9.32. The van der Waals surface area contributed by atoms with Crippen molar-refractivity contribution >= 4 is 11.6 Å². The van der Waals surface area contributed by atoms with Crippen LogP contribution < -0.4 is 10.6 Å². The van der Waals surface area contributed by atoms with Crippen LogP contribution in [0.3, 0.4) is 0 Å². The summed E-state index contributed by atoms with van der Waals surface area (Å²) < 4.78 is 2.05. The van der Waals surface area contributed by atoms with Crippen LogP contribution in [0.4, 0.5) is 0 Å². The van der Waals surface area contributed by atoms with E-state index < -0.39 is 0 Å². The molecule has 1 saturated heterocycles. The molecule has 0 spiro atoms. The lowest BCUT2D eigenvalue weighted by molar-refractivity contribution is 0.232. The van der Waals surface area contributed by atoms with E-state index in [9.17, 15) is 0 Å². The fourth-order valence-electron chi connectivity index (χ4n) is 3.25. The summed E-state index contributed by atoms with van der Waals surface area (Å²) in [6, 6.07) is 5.96. The summed E-state index contributed by atoms with van der Waals surface area (Å²) in [5, 5.41) is 15.2. The third-order valence-electron chi connectivity index (χ3n) is 4.65. The average molecular weight is 343 g/mol. The van der Waals surface area contributed by atoms with Crippen LogP contribution in [0.25, 0.3) is 5.65 Å². The van der Waals surface area contributed by atoms with Crippen molar-refractivity contribution in [1.29, 1.82) is 0 Å². The summed E-state index contributed by atoms with van der Waals surface area (Å²) in [5.74, 6) is 1.88. The molecule has 3 rings (SSSR count). The molecule has 7 heteroatoms. The van der Waals surface area contributed by atoms with Gasteiger partial charge in [0, 0.05) is 39.3 Å². The van der Waals surface area contributed by atoms with E-state index in [1.807, 2.05) is 35.8 Å². The summed E-state index contributed by atoms with van der Waals surface area (Å²) >= 11 is 0. The summed E-state index contributed by atoms with van der Waals surface area (Å²) in [5.41, 5.74) is 0.903. The molecule has 1 aliphatic rings. The average Bonchev–Trinajstić information content (AvgIpc) is 3.08. The van der Waals surface area contributed by atoms with Crippen LogP contribution in [0.1, 0.15) is 31.5 Å². The highest BCUT2D eigenvalue weighted by Gasteiger charge is 2.09. The zero-order chi connectivity index (χ0) is 17.3. The van der Waals surface area contributed by atoms with E-state index in [1.165, 1.54) is 32.4 Å². The number of fused-ring (bicyclic) bond motifs is 1. The number of guanidine groups is 1. The van der Waals surface area contributed by atoms with Crippen molar-refractivity contribution in [2.45, 2.75) is 32.1 Å². The lowest BCUT2D eigenvalue weighted by Crippen LogP contribution is -2.43. The first-order valence-electron chi connectivity index (χ1n) is 9.32. The lowest BCUT2D eigenvalue weighted by Gasteiger charge is -2.26. The van der Waals surface area contributed by atoms with Crippen molar-refractivity contribution in [3.05, 3.63) is 30.2 Å². The number of rotatable bonds is 7. The van der Waals surface area contributed by atoms with Crippen molar-refractivity contribution in [2.24, 2.45) is 4.99 Å². The van der Waals surface area contributed by atoms with Gasteiger partial charge in [-0.1, -0.05) is 12.5 Å². The van der Waals surface area contributed by atoms with Crippen molar-refractivity contribution in [2.75, 3.05) is 39.8 Å². The van der Waals surface area contributed by atoms with Crippen LogP contribution in [0.5, 0.6) is 0 Å². The van der Waals surface area contributed by atoms with Crippen LogP contribution in [-0.2, 0) is 6.42 Å². The first kappa shape index (κ1) is 17.7. The van der Waals surface area contributed by atoms with Gasteiger partial charge in [-0.3, -0.25) is 9.39 Å². The molecule has 0 aliphatic carbocycles. The van der Waals surface area contributed by atoms with E-state index in [0.29, 0.717) is 0 Å². The zero-order valence-electron chi connectivity index (χ0n) is 15.1. The van der Waals surface area contributed by atoms with Crippen molar-refractivity contribution in [3.8, 4) is 0 Å². The third-order valence-corrected chi connectivity index (χ3v) is 4.65. The fraction of sp³-hybridized carbons (Fsp3) is 0.611. The number of aliphatic imine (C=N–C) groups is 1. The Kier molecular flexibility index (Phi) is 6.62. The predicted octanol–water partition coefficient (Wildman–Crippen LogP) is 1.31. The Hall–Kier alpha value is -2.15. The van der Waals surface area contributed by atoms with Gasteiger partial charge >= 0.3 is 0 Å². The highest BCUT2D eigenvalue weighted by atomic mass is 15.2. The maximum absolute atomic E-state index is 4.30. The number of pyridine rings is 1. The first-order chi connectivity index (χ1) is 12.4. The second-order valence-electron chi connectivity index (χ2n) is 6.48. The third kappa shape index (κ3) is 5.16. The van der Waals surface area contributed by atoms with E-state index >= 15 is 0 Å². The number of aryl methyl sites for hydroxylation is 1. The van der Waals surface area contributed by atoms with Gasteiger partial charge in [-0.25, -0.2) is 0 Å². The molecule has 0 radical (unpaired) electrons. The summed E-state index contributed by atoms with van der Waals surface area (Å²) in [4.78, 5) is 6.83. The van der Waals surface area contributed by atoms with Crippen LogP contribution in [-0.4, -0.2) is 65.2 Å². The van der Waals surface area contributed by atoms with Gasteiger partial charge in [0.15, 0.2) is 11.6 Å². The number of hydrogen-bond donors (Lipinski definition) is 2. The van der Waals surface area contributed by atoms with Gasteiger partial charge in [0.05, 0.1) is 0 Å². The van der Waals surface area contributed by atoms with Gasteiger partial charge < -0.3 is 15.5 Å². The maximum atomic E-state index is 4.30. The molecule has 2 aromatic rings. The Morgan fingerprint density at radius 1 is 1.12 bits per heavy atom. The minimum absolute atomic E-state index is 0.866. The molecule has 0 amide bonds. The molecular formula is C18H29N7. The van der Waals surface area contributed by atoms with Crippen LogP contribution in [0, 0.1) is 0 Å². The van der Waals surface area contributed by atoms with Gasteiger partial charge in [0.1, 0.15) is 5.82 Å². The van der Waals surface area contributed by atoms with E-state index in [1.54, 1.807) is 0 Å². The number of aromatic nitrogens is 3. The highest BCUT2D eigenvalue weighted by molar-refractivity contribution is 5.79. The Balaban J connectivity index is 1.34. The SMILES string of the molecule is CN=C(NCCCc1nnc2ccccn12)NCCN1CCCCC1. The van der Waals surface area contributed by atoms with Crippen molar-refractivity contribution < 1.29 is 0 Å². The van der Waals surface area contributed by atoms with Gasteiger partial charge in [-0.15, -0.1) is 10.2 Å². The minimum Gasteiger partial charge on any atom is -0.356 e. The molecule has 3 heterocycles. The molecule has 0 bridgehead atoms. The molecule has 0 atom stereocenters. The van der Waals surface area contributed by atoms with Gasteiger partial charge in [0.2, 0.25) is 0 Å². The molecule has 0 aromatic carbocycles. The van der Waals surface area contributed by atoms with E-state index in [0.717, 1.165) is 49.9 Å². The second-order valence-corrected chi connectivity index (χ2v) is 6.48. The second kappa shape index (κ2) is 9.36. The number of piperidine rings is 1. The largest absolute Gasteiger partial charge is 0.356 e. The topological polar surface area (TPSA) is 69.8 Å². The maximum Gasteiger partial charge on any atom is 0.191 e. The molecule has 1 aliphatic heterocycles. The van der Waals surface area contributed by atoms with Gasteiger partial charge in [-0.2, -0.15) is 0 Å². The smallest absolute Gasteiger partial charge is 0.191 e. The monoisotopic (exact) mass is 343 g/mol. The van der Waals surface area contributed by atoms with Gasteiger partial charge in [0.25, 0.3) is 0 Å². The zero-order valence-corrected chi connectivity index (χ0v) is 15.1. The number of hydrogen-bond acceptors (Lipinski definition) is 4. The Morgan fingerprint density at radius 2 is 1.96 bits per heavy atom. The molecule has 136 valence electrons. The highest BCUT2D eigenvalue weighted by Crippen LogP contribution is 2.07. The summed E-state index contributed by atoms with van der Waals surface area (Å²) in [6.45, 7) is 5.37. The molecule has 0 saturated carbocycles. The van der Waals surface area contributed by atoms with Crippen molar-refractivity contribution in [1.82, 2.24) is 30.1 Å². The molecule has 25 heavy (non-hydrogen) atoms. The number of nitrogens with one attached hydrogen (secondary N) is 2. The Morgan fingerprint density at radius 3 is 2.80 bits per heavy atom. The van der Waals surface area contributed by atoms with E-state index in [4.69, 9.17) is 0 Å². The van der Waals surface area contributed by atoms with E-state index in [2.05, 4.69) is 30.7 Å². The van der Waals surface area contributed by atoms with Crippen LogP contribution in [0.15, 0.2) is 29.4 Å². The number of nitrogens with zero attached hydrogens (tertiary/aromatic N) is 5. The molecule has 1 fully saturated rings. The molecule has 2 N–H and O–H groups in total. The molecule has 7 nitrogen and oxygen atoms in total. The standard InChI is InChI=1S/C18H29N7/c1-19-18(21-11-15-24-12-4-2-5-13-24)20-10-7-9-17-23-22-16-8-3-6-14-25(16)17/h3,6,8,14H,2,4-5,7,9-13,15H2,1H3,(H2,19,20,21). The summed E-state index contributed by atoms with van der Waals surface area (Å²) in [6.07, 6.45) is 7.95. The van der Waals surface area contributed by atoms with Crippen molar-refractivity contribution in [3.63, 3.8) is 0 Å². The molecule has 2 aromatic heterocycles. The number of likely N-dealkylation sites (tertiary alicyclic amines) is 1. The summed E-state index contributed by atoms with van der Waals surface area (Å²) in [7, 11) is 1.82. The Bertz CT molecular complexity index is 673. The van der Waals surface area contributed by atoms with Gasteiger partial charge in [-0.05, 0) is 44.5 Å². The lowest BCUT2D eigenvalue weighted by atomic mass is 10.1. The normalized spacial score (nSPS) is 16.3.